The topological polar surface area (TPSA) is 84.7 Å². The van der Waals surface area contributed by atoms with E-state index in [1.807, 2.05) is 0 Å². The summed E-state index contributed by atoms with van der Waals surface area (Å²) in [5.74, 6) is -0.352. The molecule has 2 atom stereocenters. The molecule has 8 heteroatoms. The van der Waals surface area contributed by atoms with E-state index in [0.717, 1.165) is 24.8 Å². The lowest BCUT2D eigenvalue weighted by atomic mass is 9.93. The van der Waals surface area contributed by atoms with E-state index < -0.39 is 4.92 Å². The van der Waals surface area contributed by atoms with E-state index in [0.29, 0.717) is 37.6 Å². The first-order chi connectivity index (χ1) is 14.5. The number of nitro benzene ring substituents is 1. The van der Waals surface area contributed by atoms with Crippen LogP contribution in [-0.4, -0.2) is 48.1 Å². The van der Waals surface area contributed by atoms with E-state index in [-0.39, 0.29) is 29.4 Å². The maximum absolute atomic E-state index is 13.3. The number of amides is 1. The zero-order chi connectivity index (χ0) is 21.1. The van der Waals surface area contributed by atoms with Crippen molar-refractivity contribution in [2.24, 2.45) is 0 Å². The fourth-order valence-corrected chi connectivity index (χ4v) is 4.33. The Hall–Kier alpha value is -3.00. The molecule has 0 bridgehead atoms. The van der Waals surface area contributed by atoms with Crippen LogP contribution in [-0.2, 0) is 4.74 Å². The SMILES string of the molecule is O=C(c1ccc(NC2CCCC2c2ccc(F)cc2)c([N+](=O)[O-])c1)N1CCOCC1. The van der Waals surface area contributed by atoms with Crippen molar-refractivity contribution in [2.45, 2.75) is 31.2 Å². The number of carbonyl (C=O) groups is 1. The fraction of sp³-hybridized carbons (Fsp3) is 0.409. The second-order valence-electron chi connectivity index (χ2n) is 7.73. The standard InChI is InChI=1S/C22H24FN3O4/c23-17-7-4-15(5-8-17)18-2-1-3-19(18)24-20-9-6-16(14-21(20)26(28)29)22(27)25-10-12-30-13-11-25/h4-9,14,18-19,24H,1-3,10-13H2. The van der Waals surface area contributed by atoms with Crippen LogP contribution < -0.4 is 5.32 Å². The molecule has 1 saturated carbocycles. The van der Waals surface area contributed by atoms with Crippen LogP contribution in [0.2, 0.25) is 0 Å². The number of benzene rings is 2. The van der Waals surface area contributed by atoms with Gasteiger partial charge in [-0.15, -0.1) is 0 Å². The Bertz CT molecular complexity index is 928. The highest BCUT2D eigenvalue weighted by molar-refractivity contribution is 5.95. The normalized spacial score (nSPS) is 21.4. The smallest absolute Gasteiger partial charge is 0.293 e. The van der Waals surface area contributed by atoms with Crippen LogP contribution in [0.5, 0.6) is 0 Å². The summed E-state index contributed by atoms with van der Waals surface area (Å²) in [6.07, 6.45) is 2.79. The minimum atomic E-state index is -0.458. The van der Waals surface area contributed by atoms with Crippen LogP contribution in [0, 0.1) is 15.9 Å². The van der Waals surface area contributed by atoms with Gasteiger partial charge in [-0.05, 0) is 42.7 Å². The van der Waals surface area contributed by atoms with E-state index in [1.54, 1.807) is 29.2 Å². The minimum absolute atomic E-state index is 0.00922. The molecule has 2 unspecified atom stereocenters. The van der Waals surface area contributed by atoms with Crippen molar-refractivity contribution in [3.8, 4) is 0 Å². The number of nitrogens with one attached hydrogen (secondary N) is 1. The quantitative estimate of drug-likeness (QED) is 0.593. The molecule has 0 aromatic heterocycles. The first-order valence-corrected chi connectivity index (χ1v) is 10.2. The van der Waals surface area contributed by atoms with Gasteiger partial charge in [0.1, 0.15) is 11.5 Å². The van der Waals surface area contributed by atoms with Crippen LogP contribution >= 0.6 is 0 Å². The number of anilines is 1. The zero-order valence-corrected chi connectivity index (χ0v) is 16.6. The van der Waals surface area contributed by atoms with Gasteiger partial charge in [0.15, 0.2) is 0 Å². The van der Waals surface area contributed by atoms with E-state index in [2.05, 4.69) is 5.32 Å². The average molecular weight is 413 g/mol. The van der Waals surface area contributed by atoms with Crippen molar-refractivity contribution >= 4 is 17.3 Å². The summed E-state index contributed by atoms with van der Waals surface area (Å²) in [4.78, 5) is 25.6. The Labute approximate surface area is 174 Å². The van der Waals surface area contributed by atoms with Gasteiger partial charge in [-0.2, -0.15) is 0 Å². The number of rotatable bonds is 5. The molecule has 2 aromatic rings. The average Bonchev–Trinajstić information content (AvgIpc) is 3.22. The third-order valence-electron chi connectivity index (χ3n) is 5.89. The summed E-state index contributed by atoms with van der Waals surface area (Å²) >= 11 is 0. The summed E-state index contributed by atoms with van der Waals surface area (Å²) in [6, 6.07) is 11.0. The van der Waals surface area contributed by atoms with Gasteiger partial charge in [-0.1, -0.05) is 18.6 Å². The molecule has 1 aliphatic heterocycles. The molecular weight excluding hydrogens is 389 g/mol. The van der Waals surface area contributed by atoms with Crippen LogP contribution in [0.15, 0.2) is 42.5 Å². The first kappa shape index (κ1) is 20.3. The lowest BCUT2D eigenvalue weighted by Crippen LogP contribution is -2.40. The summed E-state index contributed by atoms with van der Waals surface area (Å²) in [5.41, 5.74) is 1.61. The summed E-state index contributed by atoms with van der Waals surface area (Å²) in [6.45, 7) is 1.90. The molecule has 1 saturated heterocycles. The van der Waals surface area contributed by atoms with E-state index in [4.69, 9.17) is 4.74 Å². The minimum Gasteiger partial charge on any atom is -0.378 e. The van der Waals surface area contributed by atoms with Gasteiger partial charge in [0.05, 0.1) is 18.1 Å². The Kier molecular flexibility index (Phi) is 5.94. The molecule has 0 radical (unpaired) electrons. The molecule has 30 heavy (non-hydrogen) atoms. The number of halogens is 1. The van der Waals surface area contributed by atoms with E-state index in [9.17, 15) is 19.3 Å². The summed E-state index contributed by atoms with van der Waals surface area (Å²) in [7, 11) is 0. The Balaban J connectivity index is 1.55. The van der Waals surface area contributed by atoms with Crippen molar-refractivity contribution in [3.05, 3.63) is 69.5 Å². The molecule has 1 aliphatic carbocycles. The molecule has 2 fully saturated rings. The van der Waals surface area contributed by atoms with Gasteiger partial charge < -0.3 is 15.0 Å². The predicted octanol–water partition coefficient (Wildman–Crippen LogP) is 3.95. The molecule has 1 amide bonds. The van der Waals surface area contributed by atoms with Crippen molar-refractivity contribution in [1.29, 1.82) is 0 Å². The number of hydrogen-bond acceptors (Lipinski definition) is 5. The van der Waals surface area contributed by atoms with Gasteiger partial charge in [-0.25, -0.2) is 4.39 Å². The maximum Gasteiger partial charge on any atom is 0.293 e. The van der Waals surface area contributed by atoms with Gasteiger partial charge in [0.2, 0.25) is 0 Å². The van der Waals surface area contributed by atoms with Crippen LogP contribution in [0.3, 0.4) is 0 Å². The number of hydrogen-bond donors (Lipinski definition) is 1. The maximum atomic E-state index is 13.3. The molecule has 4 rings (SSSR count). The highest BCUT2D eigenvalue weighted by Gasteiger charge is 2.31. The van der Waals surface area contributed by atoms with Crippen molar-refractivity contribution in [3.63, 3.8) is 0 Å². The molecular formula is C22H24FN3O4. The van der Waals surface area contributed by atoms with Crippen LogP contribution in [0.25, 0.3) is 0 Å². The van der Waals surface area contributed by atoms with Crippen LogP contribution in [0.1, 0.15) is 41.1 Å². The fourth-order valence-electron chi connectivity index (χ4n) is 4.33. The highest BCUT2D eigenvalue weighted by atomic mass is 19.1. The van der Waals surface area contributed by atoms with Crippen molar-refractivity contribution in [1.82, 2.24) is 4.90 Å². The predicted molar refractivity (Wildman–Crippen MR) is 110 cm³/mol. The largest absolute Gasteiger partial charge is 0.378 e. The number of morpholine rings is 1. The number of nitro groups is 1. The molecule has 2 aliphatic rings. The third-order valence-corrected chi connectivity index (χ3v) is 5.89. The first-order valence-electron chi connectivity index (χ1n) is 10.2. The van der Waals surface area contributed by atoms with Gasteiger partial charge >= 0.3 is 0 Å². The Morgan fingerprint density at radius 2 is 1.87 bits per heavy atom. The zero-order valence-electron chi connectivity index (χ0n) is 16.6. The number of ether oxygens (including phenoxy) is 1. The Morgan fingerprint density at radius 1 is 1.13 bits per heavy atom. The second-order valence-corrected chi connectivity index (χ2v) is 7.73. The van der Waals surface area contributed by atoms with Gasteiger partial charge in [0, 0.05) is 36.7 Å². The molecule has 1 N–H and O–H groups in total. The van der Waals surface area contributed by atoms with E-state index in [1.165, 1.54) is 18.2 Å². The molecule has 2 aromatic carbocycles. The van der Waals surface area contributed by atoms with Crippen molar-refractivity contribution in [2.75, 3.05) is 31.6 Å². The monoisotopic (exact) mass is 413 g/mol. The van der Waals surface area contributed by atoms with Gasteiger partial charge in [-0.3, -0.25) is 14.9 Å². The lowest BCUT2D eigenvalue weighted by Gasteiger charge is -2.27. The van der Waals surface area contributed by atoms with E-state index >= 15 is 0 Å². The third kappa shape index (κ3) is 4.28. The summed E-state index contributed by atoms with van der Waals surface area (Å²) in [5, 5.41) is 15.0. The highest BCUT2D eigenvalue weighted by Crippen LogP contribution is 2.38. The summed E-state index contributed by atoms with van der Waals surface area (Å²) < 4.78 is 18.5. The van der Waals surface area contributed by atoms with Crippen LogP contribution in [0.4, 0.5) is 15.8 Å². The molecule has 0 spiro atoms. The molecule has 158 valence electrons. The number of nitrogens with zero attached hydrogens (tertiary/aromatic N) is 2. The lowest BCUT2D eigenvalue weighted by molar-refractivity contribution is -0.384. The Morgan fingerprint density at radius 3 is 2.57 bits per heavy atom. The number of carbonyl (C=O) groups excluding carboxylic acids is 1. The second kappa shape index (κ2) is 8.79. The molecule has 7 nitrogen and oxygen atoms in total. The molecule has 1 heterocycles. The van der Waals surface area contributed by atoms with Crippen molar-refractivity contribution < 1.29 is 18.8 Å². The van der Waals surface area contributed by atoms with Gasteiger partial charge in [0.25, 0.3) is 11.6 Å².